The van der Waals surface area contributed by atoms with Gasteiger partial charge in [0.2, 0.25) is 5.95 Å². The Labute approximate surface area is 124 Å². The van der Waals surface area contributed by atoms with Crippen LogP contribution < -0.4 is 10.2 Å². The first kappa shape index (κ1) is 15.7. The Morgan fingerprint density at radius 2 is 2.00 bits per heavy atom. The number of rotatable bonds is 4. The molecule has 2 heterocycles. The van der Waals surface area contributed by atoms with Crippen LogP contribution >= 0.6 is 0 Å². The van der Waals surface area contributed by atoms with E-state index in [0.717, 1.165) is 0 Å². The SMILES string of the molecule is CC(C)NC(=O)c1cnc(N(C)C2CCS(=O)(=O)C2)nc1. The maximum absolute atomic E-state index is 11.8. The molecule has 0 radical (unpaired) electrons. The molecule has 1 N–H and O–H groups in total. The average molecular weight is 312 g/mol. The number of anilines is 1. The van der Waals surface area contributed by atoms with E-state index >= 15 is 0 Å². The predicted molar refractivity (Wildman–Crippen MR) is 80.1 cm³/mol. The Morgan fingerprint density at radius 3 is 2.48 bits per heavy atom. The van der Waals surface area contributed by atoms with Gasteiger partial charge >= 0.3 is 0 Å². The summed E-state index contributed by atoms with van der Waals surface area (Å²) in [7, 11) is -1.17. The molecule has 116 valence electrons. The highest BCUT2D eigenvalue weighted by molar-refractivity contribution is 7.91. The summed E-state index contributed by atoms with van der Waals surface area (Å²) in [5, 5.41) is 2.76. The molecular weight excluding hydrogens is 292 g/mol. The number of hydrogen-bond acceptors (Lipinski definition) is 6. The largest absolute Gasteiger partial charge is 0.350 e. The van der Waals surface area contributed by atoms with E-state index in [9.17, 15) is 13.2 Å². The van der Waals surface area contributed by atoms with E-state index < -0.39 is 9.84 Å². The van der Waals surface area contributed by atoms with Gasteiger partial charge in [0, 0.05) is 31.5 Å². The van der Waals surface area contributed by atoms with Crippen LogP contribution in [-0.4, -0.2) is 54.9 Å². The Bertz CT molecular complexity index is 613. The normalized spacial score (nSPS) is 20.5. The molecule has 0 bridgehead atoms. The predicted octanol–water partition coefficient (Wildman–Crippen LogP) is 0.238. The summed E-state index contributed by atoms with van der Waals surface area (Å²) in [6, 6.07) is -0.0612. The monoisotopic (exact) mass is 312 g/mol. The van der Waals surface area contributed by atoms with Crippen LogP contribution in [0.2, 0.25) is 0 Å². The van der Waals surface area contributed by atoms with Crippen LogP contribution in [0.3, 0.4) is 0 Å². The van der Waals surface area contributed by atoms with Gasteiger partial charge in [0.05, 0.1) is 17.1 Å². The first-order valence-electron chi connectivity index (χ1n) is 6.84. The second-order valence-corrected chi connectivity index (χ2v) is 7.80. The molecule has 0 aromatic carbocycles. The van der Waals surface area contributed by atoms with Crippen molar-refractivity contribution in [1.29, 1.82) is 0 Å². The van der Waals surface area contributed by atoms with Crippen molar-refractivity contribution >= 4 is 21.7 Å². The lowest BCUT2D eigenvalue weighted by Crippen LogP contribution is -2.34. The third kappa shape index (κ3) is 3.90. The number of amides is 1. The number of hydrogen-bond donors (Lipinski definition) is 1. The molecular formula is C13H20N4O3S. The summed E-state index contributed by atoms with van der Waals surface area (Å²) >= 11 is 0. The molecule has 1 saturated heterocycles. The Morgan fingerprint density at radius 1 is 1.38 bits per heavy atom. The second kappa shape index (κ2) is 5.97. The molecule has 1 atom stereocenters. The van der Waals surface area contributed by atoms with Gasteiger partial charge in [-0.1, -0.05) is 0 Å². The fourth-order valence-electron chi connectivity index (χ4n) is 2.21. The minimum absolute atomic E-state index is 0.0449. The van der Waals surface area contributed by atoms with Gasteiger partial charge in [-0.05, 0) is 20.3 Å². The first-order chi connectivity index (χ1) is 9.78. The van der Waals surface area contributed by atoms with Crippen molar-refractivity contribution in [2.45, 2.75) is 32.4 Å². The summed E-state index contributed by atoms with van der Waals surface area (Å²) in [5.41, 5.74) is 0.389. The maximum atomic E-state index is 11.8. The fourth-order valence-corrected chi connectivity index (χ4v) is 3.98. The summed E-state index contributed by atoms with van der Waals surface area (Å²) in [5.74, 6) is 0.542. The van der Waals surface area contributed by atoms with Crippen molar-refractivity contribution in [2.75, 3.05) is 23.5 Å². The van der Waals surface area contributed by atoms with Crippen molar-refractivity contribution in [3.8, 4) is 0 Å². The van der Waals surface area contributed by atoms with Crippen molar-refractivity contribution in [2.24, 2.45) is 0 Å². The van der Waals surface area contributed by atoms with E-state index in [1.54, 1.807) is 11.9 Å². The van der Waals surface area contributed by atoms with E-state index in [0.29, 0.717) is 17.9 Å². The van der Waals surface area contributed by atoms with Crippen LogP contribution in [0.5, 0.6) is 0 Å². The summed E-state index contributed by atoms with van der Waals surface area (Å²) in [6.07, 6.45) is 3.50. The van der Waals surface area contributed by atoms with Gasteiger partial charge in [0.25, 0.3) is 5.91 Å². The average Bonchev–Trinajstić information content (AvgIpc) is 2.77. The van der Waals surface area contributed by atoms with Crippen LogP contribution in [0.1, 0.15) is 30.6 Å². The molecule has 1 fully saturated rings. The van der Waals surface area contributed by atoms with Crippen LogP contribution in [-0.2, 0) is 9.84 Å². The Balaban J connectivity index is 2.07. The zero-order valence-electron chi connectivity index (χ0n) is 12.4. The lowest BCUT2D eigenvalue weighted by molar-refractivity contribution is 0.0942. The molecule has 1 aliphatic heterocycles. The van der Waals surface area contributed by atoms with Crippen molar-refractivity contribution in [3.63, 3.8) is 0 Å². The zero-order valence-corrected chi connectivity index (χ0v) is 13.2. The first-order valence-corrected chi connectivity index (χ1v) is 8.67. The van der Waals surface area contributed by atoms with Gasteiger partial charge in [-0.25, -0.2) is 18.4 Å². The summed E-state index contributed by atoms with van der Waals surface area (Å²) in [6.45, 7) is 3.75. The number of carbonyl (C=O) groups excluding carboxylic acids is 1. The number of nitrogens with zero attached hydrogens (tertiary/aromatic N) is 3. The lowest BCUT2D eigenvalue weighted by atomic mass is 10.2. The molecule has 2 rings (SSSR count). The van der Waals surface area contributed by atoms with E-state index in [2.05, 4.69) is 15.3 Å². The molecule has 1 amide bonds. The third-order valence-corrected chi connectivity index (χ3v) is 5.14. The maximum Gasteiger partial charge on any atom is 0.254 e. The van der Waals surface area contributed by atoms with Gasteiger partial charge in [-0.2, -0.15) is 0 Å². The van der Waals surface area contributed by atoms with Crippen molar-refractivity contribution in [3.05, 3.63) is 18.0 Å². The molecule has 1 aromatic rings. The van der Waals surface area contributed by atoms with Gasteiger partial charge in [0.1, 0.15) is 0 Å². The van der Waals surface area contributed by atoms with Crippen LogP contribution in [0.4, 0.5) is 5.95 Å². The molecule has 7 nitrogen and oxygen atoms in total. The minimum atomic E-state index is -2.94. The number of carbonyl (C=O) groups is 1. The Hall–Kier alpha value is -1.70. The second-order valence-electron chi connectivity index (χ2n) is 5.57. The standard InChI is InChI=1S/C13H20N4O3S/c1-9(2)16-12(18)10-6-14-13(15-7-10)17(3)11-4-5-21(19,20)8-11/h6-7,9,11H,4-5,8H2,1-3H3,(H,16,18). The number of nitrogens with one attached hydrogen (secondary N) is 1. The van der Waals surface area contributed by atoms with E-state index in [1.807, 2.05) is 13.8 Å². The van der Waals surface area contributed by atoms with E-state index in [-0.39, 0.29) is 29.5 Å². The molecule has 1 unspecified atom stereocenters. The van der Waals surface area contributed by atoms with Crippen LogP contribution in [0, 0.1) is 0 Å². The summed E-state index contributed by atoms with van der Waals surface area (Å²) < 4.78 is 23.0. The number of sulfone groups is 1. The van der Waals surface area contributed by atoms with Gasteiger partial charge in [0.15, 0.2) is 9.84 Å². The van der Waals surface area contributed by atoms with Crippen molar-refractivity contribution in [1.82, 2.24) is 15.3 Å². The lowest BCUT2D eigenvalue weighted by Gasteiger charge is -2.23. The van der Waals surface area contributed by atoms with E-state index in [4.69, 9.17) is 0 Å². The third-order valence-electron chi connectivity index (χ3n) is 3.39. The molecule has 0 aliphatic carbocycles. The molecule has 0 saturated carbocycles. The molecule has 1 aliphatic rings. The molecule has 1 aromatic heterocycles. The number of aromatic nitrogens is 2. The zero-order chi connectivity index (χ0) is 15.6. The fraction of sp³-hybridized carbons (Fsp3) is 0.615. The van der Waals surface area contributed by atoms with Gasteiger partial charge in [-0.15, -0.1) is 0 Å². The topological polar surface area (TPSA) is 92.3 Å². The van der Waals surface area contributed by atoms with Gasteiger partial charge < -0.3 is 10.2 Å². The van der Waals surface area contributed by atoms with E-state index in [1.165, 1.54) is 12.4 Å². The highest BCUT2D eigenvalue weighted by Gasteiger charge is 2.31. The summed E-state index contributed by atoms with van der Waals surface area (Å²) in [4.78, 5) is 21.9. The molecule has 21 heavy (non-hydrogen) atoms. The molecule has 0 spiro atoms. The highest BCUT2D eigenvalue weighted by Crippen LogP contribution is 2.19. The van der Waals surface area contributed by atoms with Crippen molar-refractivity contribution < 1.29 is 13.2 Å². The minimum Gasteiger partial charge on any atom is -0.350 e. The molecule has 8 heteroatoms. The quantitative estimate of drug-likeness (QED) is 0.856. The van der Waals surface area contributed by atoms with Crippen LogP contribution in [0.25, 0.3) is 0 Å². The Kier molecular flexibility index (Phi) is 4.46. The van der Waals surface area contributed by atoms with Gasteiger partial charge in [-0.3, -0.25) is 4.79 Å². The van der Waals surface area contributed by atoms with Crippen LogP contribution in [0.15, 0.2) is 12.4 Å². The highest BCUT2D eigenvalue weighted by atomic mass is 32.2. The smallest absolute Gasteiger partial charge is 0.254 e.